The van der Waals surface area contributed by atoms with Gasteiger partial charge in [-0.15, -0.1) is 0 Å². The van der Waals surface area contributed by atoms with E-state index in [9.17, 15) is 14.9 Å². The standard InChI is InChI=1S/C12H7Cl2N3O3/c13-10-4-7(5-11(14)16-10)12(18)15-8-2-1-3-9(6-8)17(19)20/h1-6H,(H,15,18). The molecule has 0 aliphatic rings. The fraction of sp³-hybridized carbons (Fsp3) is 0. The average Bonchev–Trinajstić information content (AvgIpc) is 2.37. The molecule has 1 aromatic heterocycles. The molecular formula is C12H7Cl2N3O3. The molecule has 2 aromatic rings. The summed E-state index contributed by atoms with van der Waals surface area (Å²) in [7, 11) is 0. The van der Waals surface area contributed by atoms with Crippen molar-refractivity contribution in [2.45, 2.75) is 0 Å². The number of amides is 1. The van der Waals surface area contributed by atoms with Gasteiger partial charge in [0.2, 0.25) is 0 Å². The Balaban J connectivity index is 2.23. The van der Waals surface area contributed by atoms with Crippen LogP contribution in [0.4, 0.5) is 11.4 Å². The van der Waals surface area contributed by atoms with Gasteiger partial charge >= 0.3 is 0 Å². The molecule has 0 radical (unpaired) electrons. The lowest BCUT2D eigenvalue weighted by Crippen LogP contribution is -2.12. The molecule has 1 aromatic carbocycles. The molecule has 8 heteroatoms. The lowest BCUT2D eigenvalue weighted by molar-refractivity contribution is -0.384. The van der Waals surface area contributed by atoms with Gasteiger partial charge in [0.1, 0.15) is 10.3 Å². The van der Waals surface area contributed by atoms with Crippen molar-refractivity contribution in [3.63, 3.8) is 0 Å². The summed E-state index contributed by atoms with van der Waals surface area (Å²) in [6, 6.07) is 8.29. The van der Waals surface area contributed by atoms with E-state index in [1.807, 2.05) is 0 Å². The normalized spacial score (nSPS) is 10.1. The van der Waals surface area contributed by atoms with E-state index in [4.69, 9.17) is 23.2 Å². The second kappa shape index (κ2) is 5.85. The van der Waals surface area contributed by atoms with Crippen LogP contribution in [0.1, 0.15) is 10.4 Å². The van der Waals surface area contributed by atoms with Crippen molar-refractivity contribution >= 4 is 40.5 Å². The number of non-ortho nitro benzene ring substituents is 1. The summed E-state index contributed by atoms with van der Waals surface area (Å²) in [5, 5.41) is 13.3. The maximum absolute atomic E-state index is 12.0. The van der Waals surface area contributed by atoms with Crippen LogP contribution in [0.5, 0.6) is 0 Å². The Morgan fingerprint density at radius 3 is 2.45 bits per heavy atom. The van der Waals surface area contributed by atoms with Gasteiger partial charge in [0.15, 0.2) is 0 Å². The topological polar surface area (TPSA) is 85.1 Å². The first-order valence-corrected chi connectivity index (χ1v) is 6.10. The molecule has 2 rings (SSSR count). The Morgan fingerprint density at radius 1 is 1.20 bits per heavy atom. The smallest absolute Gasteiger partial charge is 0.271 e. The van der Waals surface area contributed by atoms with Crippen molar-refractivity contribution in [3.8, 4) is 0 Å². The Kier molecular flexibility index (Phi) is 4.16. The molecule has 0 unspecified atom stereocenters. The van der Waals surface area contributed by atoms with Crippen LogP contribution in [0.3, 0.4) is 0 Å². The summed E-state index contributed by atoms with van der Waals surface area (Å²) < 4.78 is 0. The number of carbonyl (C=O) groups excluding carboxylic acids is 1. The fourth-order valence-corrected chi connectivity index (χ4v) is 1.96. The summed E-state index contributed by atoms with van der Waals surface area (Å²) in [5.41, 5.74) is 0.392. The minimum absolute atomic E-state index is 0.0849. The summed E-state index contributed by atoms with van der Waals surface area (Å²) in [6.07, 6.45) is 0. The van der Waals surface area contributed by atoms with Crippen molar-refractivity contribution in [1.29, 1.82) is 0 Å². The van der Waals surface area contributed by atoms with Gasteiger partial charge in [0, 0.05) is 23.4 Å². The molecule has 1 amide bonds. The quantitative estimate of drug-likeness (QED) is 0.533. The number of aromatic nitrogens is 1. The number of anilines is 1. The van der Waals surface area contributed by atoms with Gasteiger partial charge in [0.05, 0.1) is 4.92 Å². The first kappa shape index (κ1) is 14.2. The van der Waals surface area contributed by atoms with E-state index >= 15 is 0 Å². The minimum atomic E-state index is -0.546. The predicted molar refractivity (Wildman–Crippen MR) is 75.3 cm³/mol. The van der Waals surface area contributed by atoms with E-state index in [1.165, 1.54) is 36.4 Å². The van der Waals surface area contributed by atoms with Crippen molar-refractivity contribution in [2.75, 3.05) is 5.32 Å². The third-order valence-corrected chi connectivity index (χ3v) is 2.73. The summed E-state index contributed by atoms with van der Waals surface area (Å²) in [5.74, 6) is -0.489. The van der Waals surface area contributed by atoms with Gasteiger partial charge in [-0.3, -0.25) is 14.9 Å². The lowest BCUT2D eigenvalue weighted by atomic mass is 10.2. The fourth-order valence-electron chi connectivity index (χ4n) is 1.50. The minimum Gasteiger partial charge on any atom is -0.322 e. The number of nitro groups is 1. The van der Waals surface area contributed by atoms with Crippen LogP contribution in [0.25, 0.3) is 0 Å². The molecule has 6 nitrogen and oxygen atoms in total. The van der Waals surface area contributed by atoms with E-state index < -0.39 is 10.8 Å². The molecule has 0 spiro atoms. The molecule has 0 fully saturated rings. The van der Waals surface area contributed by atoms with E-state index in [-0.39, 0.29) is 21.6 Å². The molecule has 20 heavy (non-hydrogen) atoms. The number of rotatable bonds is 3. The van der Waals surface area contributed by atoms with Crippen LogP contribution >= 0.6 is 23.2 Å². The van der Waals surface area contributed by atoms with Gasteiger partial charge in [-0.1, -0.05) is 29.3 Å². The number of carbonyl (C=O) groups is 1. The zero-order valence-corrected chi connectivity index (χ0v) is 11.4. The molecule has 0 bridgehead atoms. The van der Waals surface area contributed by atoms with Gasteiger partial charge in [-0.2, -0.15) is 0 Å². The highest BCUT2D eigenvalue weighted by Gasteiger charge is 2.11. The van der Waals surface area contributed by atoms with E-state index in [0.29, 0.717) is 5.69 Å². The summed E-state index contributed by atoms with van der Waals surface area (Å²) in [6.45, 7) is 0. The Bertz CT molecular complexity index is 671. The first-order chi connectivity index (χ1) is 9.45. The van der Waals surface area contributed by atoms with Crippen LogP contribution in [-0.4, -0.2) is 15.8 Å². The second-order valence-corrected chi connectivity index (χ2v) is 4.54. The predicted octanol–water partition coefficient (Wildman–Crippen LogP) is 3.55. The molecule has 102 valence electrons. The Morgan fingerprint density at radius 2 is 1.85 bits per heavy atom. The van der Waals surface area contributed by atoms with Crippen molar-refractivity contribution < 1.29 is 9.72 Å². The monoisotopic (exact) mass is 311 g/mol. The summed E-state index contributed by atoms with van der Waals surface area (Å²) in [4.78, 5) is 25.8. The largest absolute Gasteiger partial charge is 0.322 e. The zero-order chi connectivity index (χ0) is 14.7. The van der Waals surface area contributed by atoms with Gasteiger partial charge in [-0.25, -0.2) is 4.98 Å². The Labute approximate surface area is 123 Å². The van der Waals surface area contributed by atoms with Crippen LogP contribution in [0.15, 0.2) is 36.4 Å². The number of nitro benzene ring substituents is 1. The molecule has 0 aliphatic heterocycles. The third-order valence-electron chi connectivity index (χ3n) is 2.34. The van der Waals surface area contributed by atoms with Crippen molar-refractivity contribution in [3.05, 3.63) is 62.4 Å². The number of nitrogens with zero attached hydrogens (tertiary/aromatic N) is 2. The number of hydrogen-bond acceptors (Lipinski definition) is 4. The zero-order valence-electron chi connectivity index (χ0n) is 9.84. The van der Waals surface area contributed by atoms with Gasteiger partial charge in [0.25, 0.3) is 11.6 Å². The Hall–Kier alpha value is -2.18. The van der Waals surface area contributed by atoms with Crippen LogP contribution < -0.4 is 5.32 Å². The van der Waals surface area contributed by atoms with Crippen molar-refractivity contribution in [1.82, 2.24) is 4.98 Å². The number of halogens is 2. The number of hydrogen-bond donors (Lipinski definition) is 1. The molecule has 0 atom stereocenters. The number of nitrogens with one attached hydrogen (secondary N) is 1. The highest BCUT2D eigenvalue weighted by molar-refractivity contribution is 6.33. The molecule has 1 heterocycles. The average molecular weight is 312 g/mol. The second-order valence-electron chi connectivity index (χ2n) is 3.76. The van der Waals surface area contributed by atoms with Crippen molar-refractivity contribution in [2.24, 2.45) is 0 Å². The highest BCUT2D eigenvalue weighted by Crippen LogP contribution is 2.19. The van der Waals surface area contributed by atoms with Gasteiger partial charge < -0.3 is 5.32 Å². The van der Waals surface area contributed by atoms with Crippen LogP contribution in [0, 0.1) is 10.1 Å². The van der Waals surface area contributed by atoms with Crippen LogP contribution in [-0.2, 0) is 0 Å². The molecule has 0 saturated heterocycles. The first-order valence-electron chi connectivity index (χ1n) is 5.34. The molecule has 0 saturated carbocycles. The SMILES string of the molecule is O=C(Nc1cccc([N+](=O)[O-])c1)c1cc(Cl)nc(Cl)c1. The lowest BCUT2D eigenvalue weighted by Gasteiger charge is -2.05. The van der Waals surface area contributed by atoms with E-state index in [2.05, 4.69) is 10.3 Å². The molecule has 1 N–H and O–H groups in total. The number of benzene rings is 1. The highest BCUT2D eigenvalue weighted by atomic mass is 35.5. The third kappa shape index (κ3) is 3.43. The van der Waals surface area contributed by atoms with Crippen LogP contribution in [0.2, 0.25) is 10.3 Å². The number of pyridine rings is 1. The maximum Gasteiger partial charge on any atom is 0.271 e. The van der Waals surface area contributed by atoms with E-state index in [1.54, 1.807) is 0 Å². The van der Waals surface area contributed by atoms with Gasteiger partial charge in [-0.05, 0) is 18.2 Å². The molecular weight excluding hydrogens is 305 g/mol. The molecule has 0 aliphatic carbocycles. The summed E-state index contributed by atoms with van der Waals surface area (Å²) >= 11 is 11.4. The van der Waals surface area contributed by atoms with E-state index in [0.717, 1.165) is 0 Å². The maximum atomic E-state index is 12.0.